The number of nitrogens with zero attached hydrogens (tertiary/aromatic N) is 2. The van der Waals surface area contributed by atoms with E-state index in [1.54, 1.807) is 6.07 Å². The molecular weight excluding hydrogens is 286 g/mol. The van der Waals surface area contributed by atoms with Crippen molar-refractivity contribution in [3.63, 3.8) is 0 Å². The molecule has 0 radical (unpaired) electrons. The molecule has 2 N–H and O–H groups in total. The number of aromatic nitrogens is 2. The Morgan fingerprint density at radius 2 is 2.16 bits per heavy atom. The Bertz CT molecular complexity index is 694. The zero-order valence-electron chi connectivity index (χ0n) is 10.6. The van der Waals surface area contributed by atoms with Gasteiger partial charge in [-0.1, -0.05) is 13.3 Å². The smallest absolute Gasteiger partial charge is 0.238 e. The third kappa shape index (κ3) is 2.91. The lowest BCUT2D eigenvalue weighted by Crippen LogP contribution is -2.11. The van der Waals surface area contributed by atoms with Crippen LogP contribution >= 0.6 is 11.6 Å². The molecule has 1 aromatic carbocycles. The van der Waals surface area contributed by atoms with E-state index >= 15 is 0 Å². The van der Waals surface area contributed by atoms with Crippen LogP contribution in [0.25, 0.3) is 11.0 Å². The van der Waals surface area contributed by atoms with Gasteiger partial charge >= 0.3 is 0 Å². The van der Waals surface area contributed by atoms with Crippen molar-refractivity contribution in [2.75, 3.05) is 0 Å². The van der Waals surface area contributed by atoms with Gasteiger partial charge in [-0.15, -0.1) is 11.6 Å². The first-order valence-electron chi connectivity index (χ1n) is 6.05. The van der Waals surface area contributed by atoms with Crippen LogP contribution in [0.3, 0.4) is 0 Å². The number of unbranched alkanes of at least 4 members (excludes halogenated alkanes) is 1. The molecule has 0 aliphatic heterocycles. The number of fused-ring (bicyclic) bond motifs is 1. The highest BCUT2D eigenvalue weighted by Crippen LogP contribution is 2.21. The number of primary sulfonamides is 1. The summed E-state index contributed by atoms with van der Waals surface area (Å²) in [6.07, 6.45) is 2.09. The van der Waals surface area contributed by atoms with Crippen molar-refractivity contribution in [1.82, 2.24) is 9.55 Å². The topological polar surface area (TPSA) is 78.0 Å². The highest BCUT2D eigenvalue weighted by atomic mass is 35.5. The van der Waals surface area contributed by atoms with Crippen molar-refractivity contribution in [1.29, 1.82) is 0 Å². The number of hydrogen-bond acceptors (Lipinski definition) is 3. The van der Waals surface area contributed by atoms with Crippen LogP contribution in [0.1, 0.15) is 25.6 Å². The lowest BCUT2D eigenvalue weighted by Gasteiger charge is -2.06. The van der Waals surface area contributed by atoms with Gasteiger partial charge in [-0.25, -0.2) is 18.5 Å². The number of imidazole rings is 1. The summed E-state index contributed by atoms with van der Waals surface area (Å²) < 4.78 is 24.7. The number of halogens is 1. The summed E-state index contributed by atoms with van der Waals surface area (Å²) in [6, 6.07) is 4.72. The lowest BCUT2D eigenvalue weighted by atomic mass is 10.3. The van der Waals surface area contributed by atoms with Gasteiger partial charge in [-0.2, -0.15) is 0 Å². The molecule has 0 bridgehead atoms. The van der Waals surface area contributed by atoms with Crippen LogP contribution in [0.2, 0.25) is 0 Å². The van der Waals surface area contributed by atoms with Crippen molar-refractivity contribution in [3.8, 4) is 0 Å². The van der Waals surface area contributed by atoms with E-state index in [1.165, 1.54) is 12.1 Å². The molecule has 19 heavy (non-hydrogen) atoms. The zero-order valence-corrected chi connectivity index (χ0v) is 12.2. The normalized spacial score (nSPS) is 12.2. The Hall–Kier alpha value is -1.11. The molecule has 0 fully saturated rings. The van der Waals surface area contributed by atoms with Crippen LogP contribution in [0.5, 0.6) is 0 Å². The Morgan fingerprint density at radius 1 is 1.42 bits per heavy atom. The SMILES string of the molecule is CCCCn1c(CCl)nc2cc(S(N)(=O)=O)ccc21. The summed E-state index contributed by atoms with van der Waals surface area (Å²) in [5.74, 6) is 1.04. The molecular formula is C12H16ClN3O2S. The van der Waals surface area contributed by atoms with Crippen LogP contribution in [0.4, 0.5) is 0 Å². The Morgan fingerprint density at radius 3 is 2.74 bits per heavy atom. The van der Waals surface area contributed by atoms with Crippen molar-refractivity contribution in [2.45, 2.75) is 37.1 Å². The molecule has 2 aromatic rings. The molecule has 7 heteroatoms. The molecule has 0 atom stereocenters. The second-order valence-electron chi connectivity index (χ2n) is 4.36. The highest BCUT2D eigenvalue weighted by Gasteiger charge is 2.13. The number of hydrogen-bond donors (Lipinski definition) is 1. The summed E-state index contributed by atoms with van der Waals surface area (Å²) in [5, 5.41) is 5.12. The van der Waals surface area contributed by atoms with E-state index in [0.29, 0.717) is 11.4 Å². The maximum absolute atomic E-state index is 11.3. The van der Waals surface area contributed by atoms with E-state index in [2.05, 4.69) is 11.9 Å². The predicted octanol–water partition coefficient (Wildman–Crippen LogP) is 2.22. The quantitative estimate of drug-likeness (QED) is 0.860. The number of nitrogens with two attached hydrogens (primary N) is 1. The van der Waals surface area contributed by atoms with Crippen molar-refractivity contribution >= 4 is 32.7 Å². The fourth-order valence-electron chi connectivity index (χ4n) is 2.00. The Kier molecular flexibility index (Phi) is 4.13. The minimum absolute atomic E-state index is 0.0706. The van der Waals surface area contributed by atoms with Gasteiger partial charge in [0.2, 0.25) is 10.0 Å². The van der Waals surface area contributed by atoms with E-state index in [4.69, 9.17) is 16.7 Å². The number of aryl methyl sites for hydroxylation is 1. The van der Waals surface area contributed by atoms with E-state index in [0.717, 1.165) is 30.7 Å². The second-order valence-corrected chi connectivity index (χ2v) is 6.19. The molecule has 2 rings (SSSR count). The largest absolute Gasteiger partial charge is 0.327 e. The molecule has 0 saturated heterocycles. The molecule has 0 amide bonds. The van der Waals surface area contributed by atoms with Crippen molar-refractivity contribution < 1.29 is 8.42 Å². The molecule has 0 saturated carbocycles. The van der Waals surface area contributed by atoms with Crippen LogP contribution < -0.4 is 5.14 Å². The average Bonchev–Trinajstić information content (AvgIpc) is 2.72. The van der Waals surface area contributed by atoms with Gasteiger partial charge < -0.3 is 4.57 Å². The first kappa shape index (κ1) is 14.3. The average molecular weight is 302 g/mol. The van der Waals surface area contributed by atoms with E-state index in [1.807, 2.05) is 4.57 Å². The van der Waals surface area contributed by atoms with Gasteiger partial charge in [0.05, 0.1) is 21.8 Å². The standard InChI is InChI=1S/C12H16ClN3O2S/c1-2-3-6-16-11-5-4-9(19(14,17)18)7-10(11)15-12(16)8-13/h4-5,7H,2-3,6,8H2,1H3,(H2,14,17,18). The third-order valence-electron chi connectivity index (χ3n) is 2.98. The van der Waals surface area contributed by atoms with Crippen LogP contribution in [-0.2, 0) is 22.4 Å². The first-order valence-corrected chi connectivity index (χ1v) is 8.13. The molecule has 5 nitrogen and oxygen atoms in total. The number of sulfonamides is 1. The lowest BCUT2D eigenvalue weighted by molar-refractivity contribution is 0.598. The monoisotopic (exact) mass is 301 g/mol. The van der Waals surface area contributed by atoms with Crippen molar-refractivity contribution in [2.24, 2.45) is 5.14 Å². The maximum Gasteiger partial charge on any atom is 0.238 e. The van der Waals surface area contributed by atoms with Gasteiger partial charge in [0, 0.05) is 6.54 Å². The minimum Gasteiger partial charge on any atom is -0.327 e. The Labute approximate surface area is 117 Å². The molecule has 0 spiro atoms. The van der Waals surface area contributed by atoms with Crippen LogP contribution in [-0.4, -0.2) is 18.0 Å². The van der Waals surface area contributed by atoms with Gasteiger partial charge in [0.1, 0.15) is 5.82 Å². The molecule has 1 aromatic heterocycles. The summed E-state index contributed by atoms with van der Waals surface area (Å²) in [6.45, 7) is 2.93. The molecule has 0 aliphatic rings. The molecule has 0 aliphatic carbocycles. The second kappa shape index (κ2) is 5.48. The molecule has 104 valence electrons. The Balaban J connectivity index is 2.57. The molecule has 0 unspecified atom stereocenters. The van der Waals surface area contributed by atoms with Gasteiger partial charge in [-0.3, -0.25) is 0 Å². The van der Waals surface area contributed by atoms with Gasteiger partial charge in [0.25, 0.3) is 0 Å². The van der Waals surface area contributed by atoms with Gasteiger partial charge in [-0.05, 0) is 24.6 Å². The summed E-state index contributed by atoms with van der Waals surface area (Å²) in [4.78, 5) is 4.44. The maximum atomic E-state index is 11.3. The predicted molar refractivity (Wildman–Crippen MR) is 75.6 cm³/mol. The summed E-state index contributed by atoms with van der Waals surface area (Å²) in [5.41, 5.74) is 1.50. The van der Waals surface area contributed by atoms with Crippen LogP contribution in [0.15, 0.2) is 23.1 Å². The third-order valence-corrected chi connectivity index (χ3v) is 4.13. The van der Waals surface area contributed by atoms with Gasteiger partial charge in [0.15, 0.2) is 0 Å². The minimum atomic E-state index is -3.70. The number of rotatable bonds is 5. The van der Waals surface area contributed by atoms with E-state index in [9.17, 15) is 8.42 Å². The summed E-state index contributed by atoms with van der Waals surface area (Å²) in [7, 11) is -3.70. The number of alkyl halides is 1. The fourth-order valence-corrected chi connectivity index (χ4v) is 2.74. The fraction of sp³-hybridized carbons (Fsp3) is 0.417. The zero-order chi connectivity index (χ0) is 14.0. The first-order chi connectivity index (χ1) is 8.97. The highest BCUT2D eigenvalue weighted by molar-refractivity contribution is 7.89. The number of benzene rings is 1. The molecule has 1 heterocycles. The van der Waals surface area contributed by atoms with Crippen LogP contribution in [0, 0.1) is 0 Å². The van der Waals surface area contributed by atoms with E-state index < -0.39 is 10.0 Å². The van der Waals surface area contributed by atoms with E-state index in [-0.39, 0.29) is 4.90 Å². The van der Waals surface area contributed by atoms with Crippen molar-refractivity contribution in [3.05, 3.63) is 24.0 Å². The summed E-state index contributed by atoms with van der Waals surface area (Å²) >= 11 is 5.89.